The summed E-state index contributed by atoms with van der Waals surface area (Å²) >= 11 is 0. The Morgan fingerprint density at radius 3 is 2.43 bits per heavy atom. The van der Waals surface area contributed by atoms with Crippen LogP contribution >= 0.6 is 0 Å². The number of hydrogen-bond acceptors (Lipinski definition) is 4. The van der Waals surface area contributed by atoms with Gasteiger partial charge in [-0.3, -0.25) is 4.72 Å². The lowest BCUT2D eigenvalue weighted by Crippen LogP contribution is -2.12. The first-order valence-corrected chi connectivity index (χ1v) is 8.83. The van der Waals surface area contributed by atoms with Gasteiger partial charge < -0.3 is 4.42 Å². The lowest BCUT2D eigenvalue weighted by molar-refractivity contribution is 0.561. The summed E-state index contributed by atoms with van der Waals surface area (Å²) in [6.45, 7) is 5.88. The maximum absolute atomic E-state index is 12.5. The first-order chi connectivity index (χ1) is 10.8. The van der Waals surface area contributed by atoms with Gasteiger partial charge >= 0.3 is 0 Å². The van der Waals surface area contributed by atoms with E-state index in [1.54, 1.807) is 37.3 Å². The maximum atomic E-state index is 12.5. The highest BCUT2D eigenvalue weighted by Crippen LogP contribution is 2.23. The first kappa shape index (κ1) is 15.6. The summed E-state index contributed by atoms with van der Waals surface area (Å²) in [6.07, 6.45) is 0. The molecule has 1 N–H and O–H groups in total. The Bertz CT molecular complexity index is 942. The number of anilines is 1. The number of oxazole rings is 1. The number of aryl methyl sites for hydroxylation is 1. The van der Waals surface area contributed by atoms with Crippen molar-refractivity contribution in [2.24, 2.45) is 0 Å². The number of hydrogen-bond donors (Lipinski definition) is 1. The third kappa shape index (κ3) is 3.22. The SMILES string of the molecule is Cc1nc2cc(NS(=O)(=O)c3ccc(C(C)C)cc3)ccc2o1. The van der Waals surface area contributed by atoms with Crippen LogP contribution in [0, 0.1) is 6.92 Å². The monoisotopic (exact) mass is 330 g/mol. The van der Waals surface area contributed by atoms with E-state index in [9.17, 15) is 8.42 Å². The van der Waals surface area contributed by atoms with Gasteiger partial charge in [-0.1, -0.05) is 26.0 Å². The fourth-order valence-electron chi connectivity index (χ4n) is 2.35. The standard InChI is InChI=1S/C17H18N2O3S/c1-11(2)13-4-7-15(8-5-13)23(20,21)19-14-6-9-17-16(10-14)18-12(3)22-17/h4-11,19H,1-3H3. The minimum absolute atomic E-state index is 0.235. The molecule has 0 saturated heterocycles. The molecule has 0 aliphatic rings. The third-order valence-corrected chi connectivity index (χ3v) is 5.00. The van der Waals surface area contributed by atoms with Gasteiger partial charge in [0.25, 0.3) is 10.0 Å². The molecule has 0 radical (unpaired) electrons. The summed E-state index contributed by atoms with van der Waals surface area (Å²) in [6, 6.07) is 11.9. The molecule has 0 atom stereocenters. The normalized spacial score (nSPS) is 12.0. The second-order valence-corrected chi connectivity index (χ2v) is 7.43. The number of aromatic nitrogens is 1. The smallest absolute Gasteiger partial charge is 0.261 e. The van der Waals surface area contributed by atoms with Crippen LogP contribution < -0.4 is 4.72 Å². The number of fused-ring (bicyclic) bond motifs is 1. The number of nitrogens with one attached hydrogen (secondary N) is 1. The topological polar surface area (TPSA) is 72.2 Å². The van der Waals surface area contributed by atoms with E-state index < -0.39 is 10.0 Å². The highest BCUT2D eigenvalue weighted by Gasteiger charge is 2.15. The minimum atomic E-state index is -3.63. The molecule has 0 spiro atoms. The summed E-state index contributed by atoms with van der Waals surface area (Å²) < 4.78 is 32.9. The van der Waals surface area contributed by atoms with Crippen LogP contribution in [0.4, 0.5) is 5.69 Å². The molecule has 0 aliphatic carbocycles. The highest BCUT2D eigenvalue weighted by molar-refractivity contribution is 7.92. The molecule has 2 aromatic carbocycles. The fourth-order valence-corrected chi connectivity index (χ4v) is 3.40. The molecule has 0 fully saturated rings. The van der Waals surface area contributed by atoms with E-state index in [1.807, 2.05) is 12.1 Å². The van der Waals surface area contributed by atoms with Crippen LogP contribution in [0.25, 0.3) is 11.1 Å². The molecule has 3 rings (SSSR count). The van der Waals surface area contributed by atoms with Crippen molar-refractivity contribution in [3.8, 4) is 0 Å². The lowest BCUT2D eigenvalue weighted by Gasteiger charge is -2.10. The van der Waals surface area contributed by atoms with Gasteiger partial charge in [0, 0.05) is 6.92 Å². The van der Waals surface area contributed by atoms with E-state index in [0.29, 0.717) is 28.6 Å². The molecule has 120 valence electrons. The van der Waals surface area contributed by atoms with Crippen molar-refractivity contribution in [3.63, 3.8) is 0 Å². The summed E-state index contributed by atoms with van der Waals surface area (Å²) in [5.74, 6) is 0.904. The Kier molecular flexibility index (Phi) is 3.85. The van der Waals surface area contributed by atoms with Crippen LogP contribution in [-0.4, -0.2) is 13.4 Å². The van der Waals surface area contributed by atoms with Gasteiger partial charge in [-0.2, -0.15) is 0 Å². The molecule has 23 heavy (non-hydrogen) atoms. The number of benzene rings is 2. The molecule has 5 nitrogen and oxygen atoms in total. The molecule has 0 amide bonds. The highest BCUT2D eigenvalue weighted by atomic mass is 32.2. The average molecular weight is 330 g/mol. The van der Waals surface area contributed by atoms with E-state index in [2.05, 4.69) is 23.6 Å². The van der Waals surface area contributed by atoms with Gasteiger partial charge in [-0.15, -0.1) is 0 Å². The Labute approximate surface area is 135 Å². The van der Waals surface area contributed by atoms with Crippen LogP contribution in [0.2, 0.25) is 0 Å². The van der Waals surface area contributed by atoms with Crippen molar-refractivity contribution in [1.82, 2.24) is 4.98 Å². The summed E-state index contributed by atoms with van der Waals surface area (Å²) in [7, 11) is -3.63. The second kappa shape index (κ2) is 5.70. The van der Waals surface area contributed by atoms with Crippen LogP contribution in [0.5, 0.6) is 0 Å². The summed E-state index contributed by atoms with van der Waals surface area (Å²) in [4.78, 5) is 4.44. The quantitative estimate of drug-likeness (QED) is 0.783. The van der Waals surface area contributed by atoms with Gasteiger partial charge in [0.15, 0.2) is 11.5 Å². The Hall–Kier alpha value is -2.34. The lowest BCUT2D eigenvalue weighted by atomic mass is 10.0. The molecule has 0 unspecified atom stereocenters. The van der Waals surface area contributed by atoms with Gasteiger partial charge in [0.05, 0.1) is 10.6 Å². The fraction of sp³-hybridized carbons (Fsp3) is 0.235. The molecular weight excluding hydrogens is 312 g/mol. The van der Waals surface area contributed by atoms with Gasteiger partial charge in [-0.25, -0.2) is 13.4 Å². The van der Waals surface area contributed by atoms with Crippen molar-refractivity contribution >= 4 is 26.8 Å². The van der Waals surface area contributed by atoms with Crippen LogP contribution in [-0.2, 0) is 10.0 Å². The zero-order chi connectivity index (χ0) is 16.6. The predicted octanol–water partition coefficient (Wildman–Crippen LogP) is 4.06. The average Bonchev–Trinajstić information content (AvgIpc) is 2.86. The molecule has 6 heteroatoms. The van der Waals surface area contributed by atoms with Gasteiger partial charge in [-0.05, 0) is 41.8 Å². The Morgan fingerprint density at radius 2 is 1.78 bits per heavy atom. The summed E-state index contributed by atoms with van der Waals surface area (Å²) in [5, 5.41) is 0. The van der Waals surface area contributed by atoms with E-state index >= 15 is 0 Å². The molecule has 3 aromatic rings. The third-order valence-electron chi connectivity index (χ3n) is 3.60. The van der Waals surface area contributed by atoms with Crippen molar-refractivity contribution in [3.05, 3.63) is 53.9 Å². The predicted molar refractivity (Wildman–Crippen MR) is 90.1 cm³/mol. The zero-order valence-electron chi connectivity index (χ0n) is 13.2. The van der Waals surface area contributed by atoms with Crippen LogP contribution in [0.3, 0.4) is 0 Å². The summed E-state index contributed by atoms with van der Waals surface area (Å²) in [5.41, 5.74) is 2.81. The maximum Gasteiger partial charge on any atom is 0.261 e. The largest absolute Gasteiger partial charge is 0.441 e. The van der Waals surface area contributed by atoms with Gasteiger partial charge in [0.1, 0.15) is 5.52 Å². The first-order valence-electron chi connectivity index (χ1n) is 7.35. The Morgan fingerprint density at radius 1 is 1.09 bits per heavy atom. The molecule has 0 saturated carbocycles. The van der Waals surface area contributed by atoms with Crippen LogP contribution in [0.1, 0.15) is 31.2 Å². The number of nitrogens with zero attached hydrogens (tertiary/aromatic N) is 1. The minimum Gasteiger partial charge on any atom is -0.441 e. The molecule has 1 aromatic heterocycles. The second-order valence-electron chi connectivity index (χ2n) is 5.74. The van der Waals surface area contributed by atoms with E-state index in [1.165, 1.54) is 0 Å². The van der Waals surface area contributed by atoms with Crippen molar-refractivity contribution < 1.29 is 12.8 Å². The van der Waals surface area contributed by atoms with Crippen molar-refractivity contribution in [2.45, 2.75) is 31.6 Å². The van der Waals surface area contributed by atoms with E-state index in [4.69, 9.17) is 4.42 Å². The molecular formula is C17H18N2O3S. The van der Waals surface area contributed by atoms with E-state index in [0.717, 1.165) is 5.56 Å². The van der Waals surface area contributed by atoms with Crippen LogP contribution in [0.15, 0.2) is 51.8 Å². The van der Waals surface area contributed by atoms with Crippen molar-refractivity contribution in [1.29, 1.82) is 0 Å². The molecule has 0 bridgehead atoms. The zero-order valence-corrected chi connectivity index (χ0v) is 14.0. The van der Waals surface area contributed by atoms with E-state index in [-0.39, 0.29) is 4.90 Å². The van der Waals surface area contributed by atoms with Gasteiger partial charge in [0.2, 0.25) is 0 Å². The number of sulfonamides is 1. The molecule has 1 heterocycles. The molecule has 0 aliphatic heterocycles. The number of rotatable bonds is 4. The Balaban J connectivity index is 1.89. The van der Waals surface area contributed by atoms with Crippen molar-refractivity contribution in [2.75, 3.05) is 4.72 Å².